The molecule has 0 saturated carbocycles. The van der Waals surface area contributed by atoms with Gasteiger partial charge in [-0.3, -0.25) is 4.79 Å². The maximum Gasteiger partial charge on any atom is 0.311 e. The Hall–Kier alpha value is -4.09. The Morgan fingerprint density at radius 1 is 0.600 bits per heavy atom. The smallest absolute Gasteiger partial charge is 0.311 e. The van der Waals surface area contributed by atoms with Crippen LogP contribution in [0, 0.1) is 5.41 Å². The number of hydrogen-bond acceptors (Lipinski definition) is 5. The van der Waals surface area contributed by atoms with Crippen molar-refractivity contribution >= 4 is 5.97 Å². The molecule has 0 spiro atoms. The van der Waals surface area contributed by atoms with E-state index in [9.17, 15) is 4.79 Å². The molecule has 0 heterocycles. The van der Waals surface area contributed by atoms with Crippen molar-refractivity contribution in [1.29, 1.82) is 0 Å². The fraction of sp³-hybridized carbons (Fsp3) is 0.444. The van der Waals surface area contributed by atoms with Gasteiger partial charge in [0, 0.05) is 0 Å². The summed E-state index contributed by atoms with van der Waals surface area (Å²) in [5.74, 6) is 1.43. The summed E-state index contributed by atoms with van der Waals surface area (Å²) in [4.78, 5) is 12.8. The Morgan fingerprint density at radius 3 is 1.58 bits per heavy atom. The van der Waals surface area contributed by atoms with Crippen LogP contribution >= 0.6 is 0 Å². The van der Waals surface area contributed by atoms with Crippen molar-refractivity contribution in [1.82, 2.24) is 0 Å². The van der Waals surface area contributed by atoms with Gasteiger partial charge < -0.3 is 18.9 Å². The van der Waals surface area contributed by atoms with Gasteiger partial charge in [0.1, 0.15) is 31.3 Å². The molecule has 50 heavy (non-hydrogen) atoms. The first kappa shape index (κ1) is 37.2. The summed E-state index contributed by atoms with van der Waals surface area (Å²) in [6.45, 7) is 14.3. The molecular weight excluding hydrogens is 620 g/mol. The minimum absolute atomic E-state index is 0.135. The number of hydrogen-bond donors (Lipinski definition) is 0. The normalized spacial score (nSPS) is 14.4. The van der Waals surface area contributed by atoms with E-state index < -0.39 is 10.8 Å². The lowest BCUT2D eigenvalue weighted by Gasteiger charge is -2.34. The standard InChI is InChI=1S/C45H56O5/c1-7-10-28-43(4,5)50-33-32-48-37-26-22-35(23-27-37)45(40-18-14-12-16-38(40)39-17-13-15-19-41(39)45)34-20-24-36(25-21-34)47-30-31-49-42(46)44(6,9-3)29-11-8-2/h12-27H,7-11,28-33H2,1-6H3. The van der Waals surface area contributed by atoms with E-state index in [1.165, 1.54) is 34.2 Å². The number of fused-ring (bicyclic) bond motifs is 3. The second-order valence-corrected chi connectivity index (χ2v) is 14.5. The van der Waals surface area contributed by atoms with Gasteiger partial charge in [-0.15, -0.1) is 0 Å². The highest BCUT2D eigenvalue weighted by molar-refractivity contribution is 5.86. The molecule has 0 saturated heterocycles. The molecule has 0 bridgehead atoms. The number of benzene rings is 4. The second-order valence-electron chi connectivity index (χ2n) is 14.5. The third kappa shape index (κ3) is 8.10. The number of carbonyl (C=O) groups is 1. The number of unbranched alkanes of at least 4 members (excludes halogenated alkanes) is 2. The fourth-order valence-corrected chi connectivity index (χ4v) is 7.24. The molecule has 1 atom stereocenters. The lowest BCUT2D eigenvalue weighted by Crippen LogP contribution is -2.30. The van der Waals surface area contributed by atoms with Crippen molar-refractivity contribution in [2.45, 2.75) is 97.5 Å². The SMILES string of the molecule is CCCCC(C)(C)OCCOc1ccc(C2(c3ccc(OCCOC(=O)C(C)(CC)CCCC)cc3)c3ccccc3-c3ccccc32)cc1. The molecule has 0 aliphatic heterocycles. The van der Waals surface area contributed by atoms with Crippen molar-refractivity contribution in [2.75, 3.05) is 26.4 Å². The van der Waals surface area contributed by atoms with Crippen molar-refractivity contribution < 1.29 is 23.7 Å². The molecule has 1 aliphatic carbocycles. The zero-order valence-corrected chi connectivity index (χ0v) is 31.1. The number of rotatable bonds is 19. The molecule has 1 unspecified atom stereocenters. The maximum atomic E-state index is 12.8. The van der Waals surface area contributed by atoms with Crippen LogP contribution in [0.15, 0.2) is 97.1 Å². The highest BCUT2D eigenvalue weighted by Crippen LogP contribution is 2.56. The van der Waals surface area contributed by atoms with Gasteiger partial charge in [0.05, 0.1) is 23.0 Å². The molecule has 1 aliphatic rings. The second kappa shape index (κ2) is 16.7. The van der Waals surface area contributed by atoms with Crippen LogP contribution in [0.3, 0.4) is 0 Å². The van der Waals surface area contributed by atoms with Gasteiger partial charge >= 0.3 is 5.97 Å². The fourth-order valence-electron chi connectivity index (χ4n) is 7.24. The van der Waals surface area contributed by atoms with Crippen LogP contribution in [-0.2, 0) is 19.7 Å². The predicted octanol–water partition coefficient (Wildman–Crippen LogP) is 10.9. The minimum atomic E-state index is -0.519. The summed E-state index contributed by atoms with van der Waals surface area (Å²) in [5.41, 5.74) is 6.20. The van der Waals surface area contributed by atoms with E-state index in [1.807, 2.05) is 19.1 Å². The van der Waals surface area contributed by atoms with E-state index in [-0.39, 0.29) is 18.2 Å². The molecular formula is C45H56O5. The number of carbonyl (C=O) groups excluding carboxylic acids is 1. The monoisotopic (exact) mass is 676 g/mol. The molecule has 4 aromatic rings. The zero-order valence-electron chi connectivity index (χ0n) is 31.1. The highest BCUT2D eigenvalue weighted by Gasteiger charge is 2.45. The lowest BCUT2D eigenvalue weighted by atomic mass is 9.68. The van der Waals surface area contributed by atoms with Crippen LogP contribution < -0.4 is 9.47 Å². The van der Waals surface area contributed by atoms with Crippen LogP contribution in [0.2, 0.25) is 0 Å². The Bertz CT molecular complexity index is 1630. The van der Waals surface area contributed by atoms with Crippen LogP contribution in [-0.4, -0.2) is 38.0 Å². The van der Waals surface area contributed by atoms with Gasteiger partial charge in [-0.05, 0) is 97.7 Å². The van der Waals surface area contributed by atoms with E-state index in [4.69, 9.17) is 18.9 Å². The average Bonchev–Trinajstić information content (AvgIpc) is 3.45. The molecule has 0 N–H and O–H groups in total. The molecule has 0 fully saturated rings. The van der Waals surface area contributed by atoms with E-state index in [2.05, 4.69) is 120 Å². The predicted molar refractivity (Wildman–Crippen MR) is 203 cm³/mol. The van der Waals surface area contributed by atoms with Gasteiger partial charge in [0.15, 0.2) is 0 Å². The number of esters is 1. The summed E-state index contributed by atoms with van der Waals surface area (Å²) >= 11 is 0. The van der Waals surface area contributed by atoms with E-state index in [1.54, 1.807) is 0 Å². The Morgan fingerprint density at radius 2 is 1.08 bits per heavy atom. The third-order valence-electron chi connectivity index (χ3n) is 10.4. The summed E-state index contributed by atoms with van der Waals surface area (Å²) in [6, 6.07) is 34.4. The number of ether oxygens (including phenoxy) is 4. The molecule has 266 valence electrons. The largest absolute Gasteiger partial charge is 0.491 e. The van der Waals surface area contributed by atoms with E-state index in [0.29, 0.717) is 19.8 Å². The van der Waals surface area contributed by atoms with Gasteiger partial charge in [-0.25, -0.2) is 0 Å². The van der Waals surface area contributed by atoms with Crippen molar-refractivity contribution in [3.05, 3.63) is 119 Å². The summed E-state index contributed by atoms with van der Waals surface area (Å²) in [6.07, 6.45) is 7.07. The topological polar surface area (TPSA) is 54.0 Å². The first-order valence-electron chi connectivity index (χ1n) is 18.7. The Balaban J connectivity index is 1.35. The van der Waals surface area contributed by atoms with Gasteiger partial charge in [-0.2, -0.15) is 0 Å². The van der Waals surface area contributed by atoms with Gasteiger partial charge in [0.25, 0.3) is 0 Å². The first-order chi connectivity index (χ1) is 24.2. The molecule has 0 aromatic heterocycles. The average molecular weight is 677 g/mol. The van der Waals surface area contributed by atoms with Crippen LogP contribution in [0.25, 0.3) is 11.1 Å². The third-order valence-corrected chi connectivity index (χ3v) is 10.4. The molecule has 5 nitrogen and oxygen atoms in total. The summed E-state index contributed by atoms with van der Waals surface area (Å²) < 4.78 is 24.0. The Labute approximate surface area is 300 Å². The van der Waals surface area contributed by atoms with Crippen LogP contribution in [0.4, 0.5) is 0 Å². The first-order valence-corrected chi connectivity index (χ1v) is 18.7. The minimum Gasteiger partial charge on any atom is -0.491 e. The molecule has 0 amide bonds. The molecule has 0 radical (unpaired) electrons. The van der Waals surface area contributed by atoms with Gasteiger partial charge in [-0.1, -0.05) is 119 Å². The van der Waals surface area contributed by atoms with Crippen LogP contribution in [0.1, 0.15) is 109 Å². The van der Waals surface area contributed by atoms with E-state index >= 15 is 0 Å². The van der Waals surface area contributed by atoms with E-state index in [0.717, 1.165) is 55.6 Å². The van der Waals surface area contributed by atoms with Crippen molar-refractivity contribution in [3.8, 4) is 22.6 Å². The Kier molecular flexibility index (Phi) is 12.4. The quantitative estimate of drug-likeness (QED) is 0.0644. The molecule has 4 aromatic carbocycles. The van der Waals surface area contributed by atoms with Gasteiger partial charge in [0.2, 0.25) is 0 Å². The van der Waals surface area contributed by atoms with Crippen molar-refractivity contribution in [3.63, 3.8) is 0 Å². The highest BCUT2D eigenvalue weighted by atomic mass is 16.6. The molecule has 5 rings (SSSR count). The van der Waals surface area contributed by atoms with Crippen LogP contribution in [0.5, 0.6) is 11.5 Å². The maximum absolute atomic E-state index is 12.8. The van der Waals surface area contributed by atoms with Crippen molar-refractivity contribution in [2.24, 2.45) is 5.41 Å². The summed E-state index contributed by atoms with van der Waals surface area (Å²) in [7, 11) is 0. The lowest BCUT2D eigenvalue weighted by molar-refractivity contribution is -0.156. The molecule has 5 heteroatoms. The zero-order chi connectivity index (χ0) is 35.6. The summed E-state index contributed by atoms with van der Waals surface area (Å²) in [5, 5.41) is 0.